The highest BCUT2D eigenvalue weighted by molar-refractivity contribution is 7.78. The van der Waals surface area contributed by atoms with Gasteiger partial charge in [0.15, 0.2) is 5.75 Å². The summed E-state index contributed by atoms with van der Waals surface area (Å²) in [6.45, 7) is 3.76. The van der Waals surface area contributed by atoms with Crippen LogP contribution < -0.4 is 4.74 Å². The maximum absolute atomic E-state index is 5.92. The number of hydrogen-bond acceptors (Lipinski definition) is 3. The quantitative estimate of drug-likeness (QED) is 0.434. The van der Waals surface area contributed by atoms with E-state index in [4.69, 9.17) is 4.74 Å². The summed E-state index contributed by atoms with van der Waals surface area (Å²) in [4.78, 5) is 4.05. The zero-order chi connectivity index (χ0) is 13.5. The summed E-state index contributed by atoms with van der Waals surface area (Å²) >= 11 is 4.67. The van der Waals surface area contributed by atoms with Gasteiger partial charge in [-0.05, 0) is 36.8 Å². The summed E-state index contributed by atoms with van der Waals surface area (Å²) in [6.07, 6.45) is 2.54. The third-order valence-electron chi connectivity index (χ3n) is 2.57. The fourth-order valence-electron chi connectivity index (χ4n) is 1.75. The number of isothiocyanates is 1. The minimum Gasteiger partial charge on any atom is -0.455 e. The van der Waals surface area contributed by atoms with Crippen LogP contribution in [0.2, 0.25) is 0 Å². The lowest BCUT2D eigenvalue weighted by Gasteiger charge is -2.12. The van der Waals surface area contributed by atoms with E-state index in [9.17, 15) is 0 Å². The van der Waals surface area contributed by atoms with Crippen LogP contribution in [0.1, 0.15) is 5.56 Å². The van der Waals surface area contributed by atoms with Gasteiger partial charge in [-0.15, -0.1) is 6.58 Å². The second kappa shape index (κ2) is 6.64. The van der Waals surface area contributed by atoms with Crippen LogP contribution in [0.4, 0.5) is 5.69 Å². The second-order valence-corrected chi connectivity index (χ2v) is 4.06. The van der Waals surface area contributed by atoms with Crippen molar-refractivity contribution in [3.63, 3.8) is 0 Å². The van der Waals surface area contributed by atoms with Crippen LogP contribution in [0.3, 0.4) is 0 Å². The average molecular weight is 267 g/mol. The number of allylic oxidation sites excluding steroid dienone is 1. The molecular weight excluding hydrogens is 254 g/mol. The first-order valence-electron chi connectivity index (χ1n) is 5.88. The molecule has 19 heavy (non-hydrogen) atoms. The lowest BCUT2D eigenvalue weighted by Crippen LogP contribution is -1.91. The maximum atomic E-state index is 5.92. The molecule has 0 heterocycles. The van der Waals surface area contributed by atoms with E-state index in [1.54, 1.807) is 0 Å². The SMILES string of the molecule is C=CCc1cccc(N=C=S)c1Oc1ccccc1. The molecule has 2 aromatic rings. The number of rotatable bonds is 5. The van der Waals surface area contributed by atoms with Crippen molar-refractivity contribution in [2.75, 3.05) is 0 Å². The van der Waals surface area contributed by atoms with Crippen molar-refractivity contribution in [1.29, 1.82) is 0 Å². The number of aliphatic imine (C=N–C) groups is 1. The van der Waals surface area contributed by atoms with E-state index in [-0.39, 0.29) is 0 Å². The fourth-order valence-corrected chi connectivity index (χ4v) is 1.85. The average Bonchev–Trinajstić information content (AvgIpc) is 2.44. The van der Waals surface area contributed by atoms with Gasteiger partial charge in [0.05, 0.1) is 5.16 Å². The molecule has 0 amide bonds. The molecule has 94 valence electrons. The van der Waals surface area contributed by atoms with E-state index in [0.29, 0.717) is 17.9 Å². The number of thiocarbonyl (C=S) groups is 1. The Morgan fingerprint density at radius 2 is 1.95 bits per heavy atom. The smallest absolute Gasteiger partial charge is 0.157 e. The predicted octanol–water partition coefficient (Wildman–Crippen LogP) is 4.94. The highest BCUT2D eigenvalue weighted by Crippen LogP contribution is 2.35. The molecule has 0 spiro atoms. The summed E-state index contributed by atoms with van der Waals surface area (Å²) < 4.78 is 5.92. The Bertz CT molecular complexity index is 616. The van der Waals surface area contributed by atoms with Crippen LogP contribution in [0.25, 0.3) is 0 Å². The Kier molecular flexibility index (Phi) is 4.62. The molecular formula is C16H13NOS. The maximum Gasteiger partial charge on any atom is 0.157 e. The highest BCUT2D eigenvalue weighted by atomic mass is 32.1. The number of para-hydroxylation sites is 2. The van der Waals surface area contributed by atoms with Crippen LogP contribution in [0, 0.1) is 0 Å². The second-order valence-electron chi connectivity index (χ2n) is 3.88. The Balaban J connectivity index is 2.45. The van der Waals surface area contributed by atoms with Crippen LogP contribution in [0.5, 0.6) is 11.5 Å². The molecule has 0 aromatic heterocycles. The lowest BCUT2D eigenvalue weighted by atomic mass is 10.1. The number of hydrogen-bond donors (Lipinski definition) is 0. The van der Waals surface area contributed by atoms with E-state index in [0.717, 1.165) is 11.3 Å². The van der Waals surface area contributed by atoms with Crippen molar-refractivity contribution in [1.82, 2.24) is 0 Å². The molecule has 2 nitrogen and oxygen atoms in total. The summed E-state index contributed by atoms with van der Waals surface area (Å²) in [6, 6.07) is 15.3. The molecule has 0 N–H and O–H groups in total. The topological polar surface area (TPSA) is 21.6 Å². The van der Waals surface area contributed by atoms with Gasteiger partial charge in [0, 0.05) is 5.56 Å². The first-order valence-corrected chi connectivity index (χ1v) is 6.29. The first-order chi connectivity index (χ1) is 9.35. The first kappa shape index (κ1) is 13.2. The summed E-state index contributed by atoms with van der Waals surface area (Å²) in [5.41, 5.74) is 1.70. The number of ether oxygens (including phenoxy) is 1. The normalized spacial score (nSPS) is 9.47. The molecule has 0 aliphatic heterocycles. The van der Waals surface area contributed by atoms with E-state index in [1.807, 2.05) is 54.6 Å². The zero-order valence-electron chi connectivity index (χ0n) is 10.4. The van der Waals surface area contributed by atoms with E-state index in [2.05, 4.69) is 29.0 Å². The van der Waals surface area contributed by atoms with Gasteiger partial charge in [-0.2, -0.15) is 4.99 Å². The van der Waals surface area contributed by atoms with Gasteiger partial charge in [-0.1, -0.05) is 36.4 Å². The largest absolute Gasteiger partial charge is 0.455 e. The van der Waals surface area contributed by atoms with Crippen LogP contribution in [-0.2, 0) is 6.42 Å². The molecule has 0 saturated heterocycles. The van der Waals surface area contributed by atoms with Crippen LogP contribution in [-0.4, -0.2) is 5.16 Å². The van der Waals surface area contributed by atoms with Crippen molar-refractivity contribution in [3.05, 3.63) is 66.7 Å². The Morgan fingerprint density at radius 3 is 2.63 bits per heavy atom. The zero-order valence-corrected chi connectivity index (χ0v) is 11.2. The molecule has 2 rings (SSSR count). The third kappa shape index (κ3) is 3.38. The molecule has 0 aliphatic carbocycles. The van der Waals surface area contributed by atoms with Gasteiger partial charge in [0.2, 0.25) is 0 Å². The minimum atomic E-state index is 0.679. The molecule has 0 bridgehead atoms. The van der Waals surface area contributed by atoms with Crippen molar-refractivity contribution < 1.29 is 4.74 Å². The molecule has 0 aliphatic rings. The van der Waals surface area contributed by atoms with Gasteiger partial charge in [-0.25, -0.2) is 0 Å². The molecule has 3 heteroatoms. The monoisotopic (exact) mass is 267 g/mol. The summed E-state index contributed by atoms with van der Waals surface area (Å²) in [5, 5.41) is 2.38. The molecule has 0 saturated carbocycles. The van der Waals surface area contributed by atoms with Gasteiger partial charge in [0.1, 0.15) is 11.4 Å². The van der Waals surface area contributed by atoms with Gasteiger partial charge in [0.25, 0.3) is 0 Å². The predicted molar refractivity (Wildman–Crippen MR) is 81.5 cm³/mol. The number of nitrogens with zero attached hydrogens (tertiary/aromatic N) is 1. The van der Waals surface area contributed by atoms with Crippen LogP contribution in [0.15, 0.2) is 66.2 Å². The Labute approximate surface area is 118 Å². The van der Waals surface area contributed by atoms with Gasteiger partial charge in [-0.3, -0.25) is 0 Å². The lowest BCUT2D eigenvalue weighted by molar-refractivity contribution is 0.479. The van der Waals surface area contributed by atoms with Gasteiger partial charge < -0.3 is 4.74 Å². The molecule has 0 unspecified atom stereocenters. The highest BCUT2D eigenvalue weighted by Gasteiger charge is 2.09. The van der Waals surface area contributed by atoms with Crippen molar-refractivity contribution >= 4 is 23.1 Å². The fraction of sp³-hybridized carbons (Fsp3) is 0.0625. The summed E-state index contributed by atoms with van der Waals surface area (Å²) in [7, 11) is 0. The third-order valence-corrected chi connectivity index (χ3v) is 2.66. The van der Waals surface area contributed by atoms with Crippen LogP contribution >= 0.6 is 12.2 Å². The molecule has 2 aromatic carbocycles. The molecule has 0 fully saturated rings. The van der Waals surface area contributed by atoms with Crippen molar-refractivity contribution in [2.45, 2.75) is 6.42 Å². The molecule has 0 atom stereocenters. The van der Waals surface area contributed by atoms with E-state index >= 15 is 0 Å². The summed E-state index contributed by atoms with van der Waals surface area (Å²) in [5.74, 6) is 1.46. The number of benzene rings is 2. The Morgan fingerprint density at radius 1 is 1.16 bits per heavy atom. The van der Waals surface area contributed by atoms with E-state index in [1.165, 1.54) is 0 Å². The minimum absolute atomic E-state index is 0.679. The van der Waals surface area contributed by atoms with Gasteiger partial charge >= 0.3 is 0 Å². The molecule has 0 radical (unpaired) electrons. The Hall–Kier alpha value is -2.22. The van der Waals surface area contributed by atoms with E-state index < -0.39 is 0 Å². The van der Waals surface area contributed by atoms with Crippen molar-refractivity contribution in [3.8, 4) is 11.5 Å². The van der Waals surface area contributed by atoms with Crippen molar-refractivity contribution in [2.24, 2.45) is 4.99 Å². The standard InChI is InChI=1S/C16H13NOS/c1-2-7-13-8-6-11-15(17-12-19)16(13)18-14-9-4-3-5-10-14/h2-6,8-11H,1,7H2.